The first kappa shape index (κ1) is 20.8. The number of amides is 2. The summed E-state index contributed by atoms with van der Waals surface area (Å²) in [6, 6.07) is 14.2. The lowest BCUT2D eigenvalue weighted by molar-refractivity contribution is 0.0725. The van der Waals surface area contributed by atoms with Crippen molar-refractivity contribution in [2.24, 2.45) is 0 Å². The third-order valence-electron chi connectivity index (χ3n) is 4.71. The summed E-state index contributed by atoms with van der Waals surface area (Å²) in [6.45, 7) is 3.85. The summed E-state index contributed by atoms with van der Waals surface area (Å²) in [6.07, 6.45) is 3.20. The SMILES string of the molecule is CCOc1ccccc1C(=O)NC(=S)Nc1ccccc1C(=O)N1CCCCC1. The number of piperidine rings is 1. The molecule has 1 heterocycles. The zero-order valence-electron chi connectivity index (χ0n) is 16.4. The van der Waals surface area contributed by atoms with Crippen LogP contribution in [-0.2, 0) is 0 Å². The fraction of sp³-hybridized carbons (Fsp3) is 0.318. The number of nitrogens with one attached hydrogen (secondary N) is 2. The Bertz CT molecular complexity index is 894. The smallest absolute Gasteiger partial charge is 0.261 e. The number of ether oxygens (including phenoxy) is 1. The fourth-order valence-corrected chi connectivity index (χ4v) is 3.51. The van der Waals surface area contributed by atoms with Gasteiger partial charge in [-0.05, 0) is 62.7 Å². The molecule has 29 heavy (non-hydrogen) atoms. The van der Waals surface area contributed by atoms with E-state index in [0.717, 1.165) is 32.4 Å². The quantitative estimate of drug-likeness (QED) is 0.732. The molecule has 2 aromatic rings. The molecule has 0 spiro atoms. The average molecular weight is 412 g/mol. The van der Waals surface area contributed by atoms with Crippen LogP contribution in [0.5, 0.6) is 5.75 Å². The van der Waals surface area contributed by atoms with E-state index in [-0.39, 0.29) is 16.9 Å². The number of para-hydroxylation sites is 2. The van der Waals surface area contributed by atoms with Gasteiger partial charge >= 0.3 is 0 Å². The number of hydrogen-bond acceptors (Lipinski definition) is 4. The van der Waals surface area contributed by atoms with Gasteiger partial charge in [-0.2, -0.15) is 0 Å². The second-order valence-electron chi connectivity index (χ2n) is 6.74. The molecule has 1 fully saturated rings. The number of rotatable bonds is 5. The monoisotopic (exact) mass is 411 g/mol. The first-order chi connectivity index (χ1) is 14.1. The van der Waals surface area contributed by atoms with Crippen LogP contribution in [0.25, 0.3) is 0 Å². The summed E-state index contributed by atoms with van der Waals surface area (Å²) in [5.74, 6) is 0.103. The molecule has 2 aromatic carbocycles. The second kappa shape index (κ2) is 10.0. The van der Waals surface area contributed by atoms with Crippen LogP contribution in [0.3, 0.4) is 0 Å². The minimum atomic E-state index is -0.369. The largest absolute Gasteiger partial charge is 0.493 e. The average Bonchev–Trinajstić information content (AvgIpc) is 2.75. The molecule has 0 aromatic heterocycles. The molecule has 7 heteroatoms. The Kier molecular flexibility index (Phi) is 7.19. The van der Waals surface area contributed by atoms with Crippen molar-refractivity contribution in [1.82, 2.24) is 10.2 Å². The van der Waals surface area contributed by atoms with Gasteiger partial charge in [0, 0.05) is 13.1 Å². The third-order valence-corrected chi connectivity index (χ3v) is 4.91. The Morgan fingerprint density at radius 2 is 1.66 bits per heavy atom. The lowest BCUT2D eigenvalue weighted by atomic mass is 10.1. The van der Waals surface area contributed by atoms with E-state index in [2.05, 4.69) is 10.6 Å². The van der Waals surface area contributed by atoms with Gasteiger partial charge in [-0.25, -0.2) is 0 Å². The Hall–Kier alpha value is -2.93. The van der Waals surface area contributed by atoms with Gasteiger partial charge in [0.15, 0.2) is 5.11 Å². The van der Waals surface area contributed by atoms with Gasteiger partial charge in [-0.15, -0.1) is 0 Å². The molecular formula is C22H25N3O3S. The molecule has 1 aliphatic rings. The van der Waals surface area contributed by atoms with Crippen molar-refractivity contribution < 1.29 is 14.3 Å². The van der Waals surface area contributed by atoms with Crippen LogP contribution in [0, 0.1) is 0 Å². The van der Waals surface area contributed by atoms with Crippen molar-refractivity contribution in [3.05, 3.63) is 59.7 Å². The lowest BCUT2D eigenvalue weighted by Crippen LogP contribution is -2.37. The van der Waals surface area contributed by atoms with Crippen LogP contribution < -0.4 is 15.4 Å². The number of carbonyl (C=O) groups is 2. The fourth-order valence-electron chi connectivity index (χ4n) is 3.31. The Balaban J connectivity index is 1.70. The van der Waals surface area contributed by atoms with Crippen molar-refractivity contribution >= 4 is 34.8 Å². The van der Waals surface area contributed by atoms with Gasteiger partial charge < -0.3 is 15.0 Å². The Labute approximate surface area is 176 Å². The molecule has 6 nitrogen and oxygen atoms in total. The van der Waals surface area contributed by atoms with Crippen molar-refractivity contribution in [3.8, 4) is 5.75 Å². The molecule has 152 valence electrons. The van der Waals surface area contributed by atoms with Crippen molar-refractivity contribution in [2.45, 2.75) is 26.2 Å². The normalized spacial score (nSPS) is 13.5. The molecule has 2 amide bonds. The van der Waals surface area contributed by atoms with E-state index < -0.39 is 0 Å². The van der Waals surface area contributed by atoms with E-state index >= 15 is 0 Å². The Morgan fingerprint density at radius 1 is 1.00 bits per heavy atom. The van der Waals surface area contributed by atoms with Gasteiger partial charge in [-0.3, -0.25) is 14.9 Å². The first-order valence-corrected chi connectivity index (χ1v) is 10.2. The summed E-state index contributed by atoms with van der Waals surface area (Å²) in [5, 5.41) is 5.78. The highest BCUT2D eigenvalue weighted by Crippen LogP contribution is 2.21. The zero-order chi connectivity index (χ0) is 20.6. The lowest BCUT2D eigenvalue weighted by Gasteiger charge is -2.27. The first-order valence-electron chi connectivity index (χ1n) is 9.82. The van der Waals surface area contributed by atoms with E-state index in [4.69, 9.17) is 17.0 Å². The number of carbonyl (C=O) groups excluding carboxylic acids is 2. The van der Waals surface area contributed by atoms with Gasteiger partial charge in [-0.1, -0.05) is 24.3 Å². The summed E-state index contributed by atoms with van der Waals surface area (Å²) < 4.78 is 5.50. The molecule has 2 N–H and O–H groups in total. The van der Waals surface area contributed by atoms with Gasteiger partial charge in [0.25, 0.3) is 11.8 Å². The molecule has 1 saturated heterocycles. The maximum atomic E-state index is 12.9. The van der Waals surface area contributed by atoms with Crippen LogP contribution in [-0.4, -0.2) is 41.5 Å². The highest BCUT2D eigenvalue weighted by molar-refractivity contribution is 7.80. The highest BCUT2D eigenvalue weighted by Gasteiger charge is 2.21. The number of nitrogens with zero attached hydrogens (tertiary/aromatic N) is 1. The molecular weight excluding hydrogens is 386 g/mol. The van der Waals surface area contributed by atoms with Gasteiger partial charge in [0.05, 0.1) is 23.4 Å². The van der Waals surface area contributed by atoms with E-state index in [1.54, 1.807) is 36.4 Å². The topological polar surface area (TPSA) is 70.7 Å². The molecule has 0 bridgehead atoms. The highest BCUT2D eigenvalue weighted by atomic mass is 32.1. The number of benzene rings is 2. The number of anilines is 1. The standard InChI is InChI=1S/C22H25N3O3S/c1-2-28-19-13-7-5-11-17(19)20(26)24-22(29)23-18-12-6-4-10-16(18)21(27)25-14-8-3-9-15-25/h4-7,10-13H,2-3,8-9,14-15H2,1H3,(H2,23,24,26,29). The molecule has 0 aliphatic carbocycles. The molecule has 0 unspecified atom stereocenters. The minimum Gasteiger partial charge on any atom is -0.493 e. The minimum absolute atomic E-state index is 0.0244. The number of hydrogen-bond donors (Lipinski definition) is 2. The van der Waals surface area contributed by atoms with Crippen LogP contribution in [0.4, 0.5) is 5.69 Å². The second-order valence-corrected chi connectivity index (χ2v) is 7.14. The zero-order valence-corrected chi connectivity index (χ0v) is 17.3. The predicted octanol–water partition coefficient (Wildman–Crippen LogP) is 3.84. The van der Waals surface area contributed by atoms with Gasteiger partial charge in [0.2, 0.25) is 0 Å². The summed E-state index contributed by atoms with van der Waals surface area (Å²) in [7, 11) is 0. The Morgan fingerprint density at radius 3 is 2.38 bits per heavy atom. The summed E-state index contributed by atoms with van der Waals surface area (Å²) in [4.78, 5) is 27.4. The number of thiocarbonyl (C=S) groups is 1. The van der Waals surface area contributed by atoms with Crippen molar-refractivity contribution in [1.29, 1.82) is 0 Å². The molecule has 0 atom stereocenters. The summed E-state index contributed by atoms with van der Waals surface area (Å²) >= 11 is 5.31. The number of likely N-dealkylation sites (tertiary alicyclic amines) is 1. The van der Waals surface area contributed by atoms with Crippen LogP contribution in [0.2, 0.25) is 0 Å². The van der Waals surface area contributed by atoms with E-state index in [9.17, 15) is 9.59 Å². The van der Waals surface area contributed by atoms with Crippen LogP contribution in [0.1, 0.15) is 46.9 Å². The maximum absolute atomic E-state index is 12.9. The van der Waals surface area contributed by atoms with E-state index in [0.29, 0.717) is 29.2 Å². The predicted molar refractivity (Wildman–Crippen MR) is 117 cm³/mol. The molecule has 3 rings (SSSR count). The summed E-state index contributed by atoms with van der Waals surface area (Å²) in [5.41, 5.74) is 1.52. The molecule has 0 radical (unpaired) electrons. The van der Waals surface area contributed by atoms with Crippen molar-refractivity contribution in [2.75, 3.05) is 25.0 Å². The van der Waals surface area contributed by atoms with Crippen LogP contribution >= 0.6 is 12.2 Å². The maximum Gasteiger partial charge on any atom is 0.261 e. The van der Waals surface area contributed by atoms with Crippen LogP contribution in [0.15, 0.2) is 48.5 Å². The van der Waals surface area contributed by atoms with Crippen molar-refractivity contribution in [3.63, 3.8) is 0 Å². The molecule has 1 aliphatic heterocycles. The molecule has 0 saturated carbocycles. The van der Waals surface area contributed by atoms with E-state index in [1.807, 2.05) is 24.0 Å². The third kappa shape index (κ3) is 5.32. The van der Waals surface area contributed by atoms with Gasteiger partial charge in [0.1, 0.15) is 5.75 Å². The van der Waals surface area contributed by atoms with E-state index in [1.165, 1.54) is 0 Å².